The fourth-order valence-corrected chi connectivity index (χ4v) is 6.76. The fourth-order valence-electron chi connectivity index (χ4n) is 6.76. The Morgan fingerprint density at radius 1 is 1.09 bits per heavy atom. The van der Waals surface area contributed by atoms with E-state index in [1.807, 2.05) is 11.1 Å². The van der Waals surface area contributed by atoms with Crippen molar-refractivity contribution in [2.75, 3.05) is 64.1 Å². The number of H-pyrrole nitrogens is 1. The van der Waals surface area contributed by atoms with Crippen LogP contribution in [0.15, 0.2) is 41.1 Å². The zero-order valence-corrected chi connectivity index (χ0v) is 25.8. The second kappa shape index (κ2) is 13.1. The lowest BCUT2D eigenvalue weighted by molar-refractivity contribution is 0.0714. The molecule has 0 bridgehead atoms. The van der Waals surface area contributed by atoms with Crippen molar-refractivity contribution in [3.8, 4) is 11.5 Å². The highest BCUT2D eigenvalue weighted by Crippen LogP contribution is 2.35. The van der Waals surface area contributed by atoms with Crippen LogP contribution in [0, 0.1) is 5.92 Å². The summed E-state index contributed by atoms with van der Waals surface area (Å²) in [7, 11) is 3.14. The number of furan rings is 1. The Balaban J connectivity index is 0.000000181. The van der Waals surface area contributed by atoms with E-state index in [0.29, 0.717) is 66.1 Å². The van der Waals surface area contributed by atoms with Gasteiger partial charge in [0.05, 0.1) is 32.2 Å². The maximum Gasteiger partial charge on any atom is 0.289 e. The number of ether oxygens (including phenoxy) is 2. The zero-order valence-electron chi connectivity index (χ0n) is 25.8. The molecule has 0 saturated carbocycles. The van der Waals surface area contributed by atoms with Crippen molar-refractivity contribution in [1.82, 2.24) is 30.0 Å². The maximum absolute atomic E-state index is 12.4. The number of fused-ring (bicyclic) bond motifs is 3. The van der Waals surface area contributed by atoms with Gasteiger partial charge in [-0.15, -0.1) is 0 Å². The molecule has 2 aliphatic heterocycles. The van der Waals surface area contributed by atoms with Gasteiger partial charge in [-0.1, -0.05) is 6.92 Å². The van der Waals surface area contributed by atoms with Gasteiger partial charge in [0.25, 0.3) is 5.91 Å². The van der Waals surface area contributed by atoms with Crippen LogP contribution in [-0.4, -0.2) is 95.4 Å². The second-order valence-electron chi connectivity index (χ2n) is 11.7. The van der Waals surface area contributed by atoms with Crippen LogP contribution in [0.1, 0.15) is 48.0 Å². The number of methoxy groups -OCH3 is 2. The average Bonchev–Trinajstić information content (AvgIpc) is 3.76. The number of amides is 1. The van der Waals surface area contributed by atoms with Gasteiger partial charge in [-0.05, 0) is 74.9 Å². The van der Waals surface area contributed by atoms with Crippen LogP contribution < -0.4 is 20.1 Å². The molecule has 1 amide bonds. The number of aromatic nitrogens is 4. The number of nitrogen functional groups attached to an aromatic ring is 1. The number of piperazine rings is 1. The standard InChI is InChI=1S/C19H21N5O4.C13H21N3/c1-26-15-10-12-13(11-16(15)27-2)21-19(22-17(12)20)24-7-5-23(6-8-24)18(25)14-4-3-9-28-14;1-2-5-16-6-3-4-10-7-12-11(8-13(10)16)9-14-15-12/h3-4,9-11H,5-8H2,1-2H3,(H2,20,21,22);9-10,13H,2-8H2,1H3,(H,14,15)/t;10-,13-/m.1/s1. The summed E-state index contributed by atoms with van der Waals surface area (Å²) in [6.45, 7) is 7.17. The molecule has 12 nitrogen and oxygen atoms in total. The van der Waals surface area contributed by atoms with E-state index in [9.17, 15) is 4.79 Å². The SMILES string of the molecule is CCCN1CCC[C@@H]2Cc3[nH]ncc3C[C@H]21.COc1cc2nc(N3CCN(C(=O)c4ccco4)CC3)nc(N)c2cc1OC. The maximum atomic E-state index is 12.4. The lowest BCUT2D eigenvalue weighted by atomic mass is 9.77. The smallest absolute Gasteiger partial charge is 0.289 e. The Kier molecular flexibility index (Phi) is 8.87. The van der Waals surface area contributed by atoms with E-state index < -0.39 is 0 Å². The monoisotopic (exact) mass is 602 g/mol. The predicted molar refractivity (Wildman–Crippen MR) is 168 cm³/mol. The number of carbonyl (C=O) groups excluding carboxylic acids is 1. The number of hydrogen-bond acceptors (Lipinski definition) is 10. The molecule has 4 aromatic rings. The highest BCUT2D eigenvalue weighted by molar-refractivity contribution is 5.92. The number of likely N-dealkylation sites (tertiary alicyclic amines) is 1. The van der Waals surface area contributed by atoms with Crippen LogP contribution in [0.5, 0.6) is 11.5 Å². The Bertz CT molecular complexity index is 1560. The summed E-state index contributed by atoms with van der Waals surface area (Å²) < 4.78 is 15.9. The molecule has 3 N–H and O–H groups in total. The number of nitrogens with zero attached hydrogens (tertiary/aromatic N) is 6. The molecule has 2 atom stereocenters. The van der Waals surface area contributed by atoms with Gasteiger partial charge < -0.3 is 29.4 Å². The molecular formula is C32H42N8O4. The van der Waals surface area contributed by atoms with E-state index in [2.05, 4.69) is 32.0 Å². The minimum Gasteiger partial charge on any atom is -0.493 e. The molecule has 5 heterocycles. The Labute approximate surface area is 257 Å². The van der Waals surface area contributed by atoms with Crippen LogP contribution >= 0.6 is 0 Å². The molecule has 234 valence electrons. The van der Waals surface area contributed by atoms with E-state index in [0.717, 1.165) is 12.0 Å². The van der Waals surface area contributed by atoms with Gasteiger partial charge in [-0.3, -0.25) is 14.8 Å². The van der Waals surface area contributed by atoms with Crippen molar-refractivity contribution >= 4 is 28.6 Å². The van der Waals surface area contributed by atoms with Gasteiger partial charge in [0.15, 0.2) is 17.3 Å². The van der Waals surface area contributed by atoms with E-state index in [1.165, 1.54) is 62.7 Å². The summed E-state index contributed by atoms with van der Waals surface area (Å²) in [6.07, 6.45) is 10.0. The van der Waals surface area contributed by atoms with Gasteiger partial charge >= 0.3 is 0 Å². The molecule has 1 aliphatic carbocycles. The lowest BCUT2D eigenvalue weighted by Crippen LogP contribution is -2.49. The van der Waals surface area contributed by atoms with Crippen LogP contribution in [0.2, 0.25) is 0 Å². The van der Waals surface area contributed by atoms with Gasteiger partial charge in [0, 0.05) is 49.4 Å². The Hall–Kier alpha value is -4.32. The number of nitrogens with two attached hydrogens (primary N) is 1. The van der Waals surface area contributed by atoms with E-state index >= 15 is 0 Å². The summed E-state index contributed by atoms with van der Waals surface area (Å²) in [6, 6.07) is 7.72. The first-order chi connectivity index (χ1) is 21.5. The fraction of sp³-hybridized carbons (Fsp3) is 0.500. The lowest BCUT2D eigenvalue weighted by Gasteiger charge is -2.43. The van der Waals surface area contributed by atoms with Crippen LogP contribution in [0.3, 0.4) is 0 Å². The average molecular weight is 603 g/mol. The van der Waals surface area contributed by atoms with Gasteiger partial charge in [0.1, 0.15) is 5.82 Å². The number of nitrogens with one attached hydrogen (secondary N) is 1. The van der Waals surface area contributed by atoms with Crippen LogP contribution in [0.25, 0.3) is 10.9 Å². The van der Waals surface area contributed by atoms with Crippen molar-refractivity contribution in [1.29, 1.82) is 0 Å². The molecule has 2 fully saturated rings. The second-order valence-corrected chi connectivity index (χ2v) is 11.7. The largest absolute Gasteiger partial charge is 0.493 e. The number of aromatic amines is 1. The molecule has 7 rings (SSSR count). The first kappa shape index (κ1) is 29.7. The molecule has 44 heavy (non-hydrogen) atoms. The Morgan fingerprint density at radius 3 is 2.61 bits per heavy atom. The molecule has 3 aromatic heterocycles. The van der Waals surface area contributed by atoms with Gasteiger partial charge in [-0.25, -0.2) is 4.98 Å². The molecule has 1 aromatic carbocycles. The highest BCUT2D eigenvalue weighted by Gasteiger charge is 2.35. The number of rotatable bonds is 6. The van der Waals surface area contributed by atoms with Crippen molar-refractivity contribution in [3.05, 3.63) is 53.7 Å². The normalized spacial score (nSPS) is 20.0. The van der Waals surface area contributed by atoms with E-state index in [-0.39, 0.29) is 5.91 Å². The molecule has 0 unspecified atom stereocenters. The third-order valence-corrected chi connectivity index (χ3v) is 9.05. The first-order valence-electron chi connectivity index (χ1n) is 15.5. The number of benzene rings is 1. The van der Waals surface area contributed by atoms with E-state index in [4.69, 9.17) is 19.6 Å². The van der Waals surface area contributed by atoms with Crippen molar-refractivity contribution in [3.63, 3.8) is 0 Å². The molecule has 0 spiro atoms. The summed E-state index contributed by atoms with van der Waals surface area (Å²) in [5.41, 5.74) is 9.71. The predicted octanol–water partition coefficient (Wildman–Crippen LogP) is 3.78. The molecule has 0 radical (unpaired) electrons. The summed E-state index contributed by atoms with van der Waals surface area (Å²) in [5, 5.41) is 8.06. The summed E-state index contributed by atoms with van der Waals surface area (Å²) >= 11 is 0. The van der Waals surface area contributed by atoms with Gasteiger partial charge in [-0.2, -0.15) is 10.1 Å². The highest BCUT2D eigenvalue weighted by atomic mass is 16.5. The topological polar surface area (TPSA) is 139 Å². The van der Waals surface area contributed by atoms with Crippen molar-refractivity contribution < 1.29 is 18.7 Å². The van der Waals surface area contributed by atoms with Crippen LogP contribution in [0.4, 0.5) is 11.8 Å². The quantitative estimate of drug-likeness (QED) is 0.335. The zero-order chi connectivity index (χ0) is 30.6. The number of piperidine rings is 1. The van der Waals surface area contributed by atoms with Crippen LogP contribution in [-0.2, 0) is 12.8 Å². The summed E-state index contributed by atoms with van der Waals surface area (Å²) in [4.78, 5) is 28.0. The number of anilines is 2. The van der Waals surface area contributed by atoms with Gasteiger partial charge in [0.2, 0.25) is 5.95 Å². The molecular weight excluding hydrogens is 560 g/mol. The molecule has 2 saturated heterocycles. The number of carbonyl (C=O) groups is 1. The van der Waals surface area contributed by atoms with E-state index in [1.54, 1.807) is 43.4 Å². The van der Waals surface area contributed by atoms with Crippen molar-refractivity contribution in [2.24, 2.45) is 5.92 Å². The summed E-state index contributed by atoms with van der Waals surface area (Å²) in [5.74, 6) is 3.16. The van der Waals surface area contributed by atoms with Crippen molar-refractivity contribution in [2.45, 2.75) is 45.1 Å². The Morgan fingerprint density at radius 2 is 1.89 bits per heavy atom. The number of hydrogen-bond donors (Lipinski definition) is 2. The molecule has 3 aliphatic rings. The first-order valence-corrected chi connectivity index (χ1v) is 15.5. The third-order valence-electron chi connectivity index (χ3n) is 9.05. The minimum atomic E-state index is -0.111. The minimum absolute atomic E-state index is 0.111. The third kappa shape index (κ3) is 6.03. The molecule has 12 heteroatoms.